The molecular formula is C17H16N6O3. The van der Waals surface area contributed by atoms with E-state index in [0.29, 0.717) is 17.1 Å². The van der Waals surface area contributed by atoms with E-state index in [9.17, 15) is 9.59 Å². The molecule has 0 fully saturated rings. The second-order valence-electron chi connectivity index (χ2n) is 5.79. The highest BCUT2D eigenvalue weighted by molar-refractivity contribution is 6.08. The molecule has 0 radical (unpaired) electrons. The molecule has 132 valence electrons. The van der Waals surface area contributed by atoms with Crippen molar-refractivity contribution in [2.45, 2.75) is 19.8 Å². The number of hydrogen-bond donors (Lipinski definition) is 3. The van der Waals surface area contributed by atoms with E-state index in [4.69, 9.17) is 5.11 Å². The van der Waals surface area contributed by atoms with Crippen molar-refractivity contribution < 1.29 is 14.7 Å². The van der Waals surface area contributed by atoms with E-state index in [0.717, 1.165) is 5.82 Å². The van der Waals surface area contributed by atoms with Crippen LogP contribution in [0.3, 0.4) is 0 Å². The van der Waals surface area contributed by atoms with Crippen molar-refractivity contribution in [3.63, 3.8) is 0 Å². The minimum atomic E-state index is -1.32. The summed E-state index contributed by atoms with van der Waals surface area (Å²) >= 11 is 0. The molecule has 0 atom stereocenters. The summed E-state index contributed by atoms with van der Waals surface area (Å²) in [6, 6.07) is 6.93. The van der Waals surface area contributed by atoms with Gasteiger partial charge in [-0.15, -0.1) is 0 Å². The Labute approximate surface area is 148 Å². The van der Waals surface area contributed by atoms with E-state index >= 15 is 0 Å². The molecule has 0 spiro atoms. The highest BCUT2D eigenvalue weighted by atomic mass is 16.4. The fourth-order valence-electron chi connectivity index (χ4n) is 2.25. The summed E-state index contributed by atoms with van der Waals surface area (Å²) in [7, 11) is 0. The Morgan fingerprint density at radius 2 is 1.88 bits per heavy atom. The van der Waals surface area contributed by atoms with Gasteiger partial charge in [0.2, 0.25) is 0 Å². The highest BCUT2D eigenvalue weighted by Crippen LogP contribution is 2.21. The van der Waals surface area contributed by atoms with E-state index in [-0.39, 0.29) is 11.6 Å². The Hall–Kier alpha value is -3.62. The second kappa shape index (κ2) is 7.09. The number of aromatic carboxylic acids is 1. The zero-order chi connectivity index (χ0) is 18.7. The third-order valence-corrected chi connectivity index (χ3v) is 3.54. The maximum absolute atomic E-state index is 12.4. The van der Waals surface area contributed by atoms with E-state index in [1.807, 2.05) is 19.9 Å². The molecule has 0 saturated carbocycles. The van der Waals surface area contributed by atoms with Crippen LogP contribution in [0.1, 0.15) is 46.6 Å². The van der Waals surface area contributed by atoms with Crippen LogP contribution in [0.15, 0.2) is 36.7 Å². The number of hydrogen-bond acceptors (Lipinski definition) is 6. The van der Waals surface area contributed by atoms with Crippen molar-refractivity contribution in [2.75, 3.05) is 5.32 Å². The van der Waals surface area contributed by atoms with Crippen LogP contribution in [0, 0.1) is 0 Å². The quantitative estimate of drug-likeness (QED) is 0.641. The summed E-state index contributed by atoms with van der Waals surface area (Å²) in [5.41, 5.74) is 0.510. The van der Waals surface area contributed by atoms with Gasteiger partial charge >= 0.3 is 5.97 Å². The molecule has 2 heterocycles. The van der Waals surface area contributed by atoms with Gasteiger partial charge in [0.1, 0.15) is 5.82 Å². The summed E-state index contributed by atoms with van der Waals surface area (Å²) in [5.74, 6) is -0.495. The van der Waals surface area contributed by atoms with Gasteiger partial charge in [0.05, 0.1) is 0 Å². The van der Waals surface area contributed by atoms with Crippen LogP contribution in [0.2, 0.25) is 0 Å². The van der Waals surface area contributed by atoms with E-state index in [2.05, 4.69) is 30.5 Å². The molecule has 0 aliphatic carbocycles. The van der Waals surface area contributed by atoms with Crippen molar-refractivity contribution in [1.29, 1.82) is 0 Å². The zero-order valence-corrected chi connectivity index (χ0v) is 14.1. The number of nitrogens with zero attached hydrogens (tertiary/aromatic N) is 4. The average Bonchev–Trinajstić information content (AvgIpc) is 3.12. The molecule has 1 aromatic carbocycles. The molecule has 1 amide bonds. The lowest BCUT2D eigenvalue weighted by atomic mass is 10.1. The number of anilines is 1. The molecule has 9 heteroatoms. The average molecular weight is 352 g/mol. The molecule has 0 saturated heterocycles. The summed E-state index contributed by atoms with van der Waals surface area (Å²) in [5, 5.41) is 18.8. The lowest BCUT2D eigenvalue weighted by Gasteiger charge is -2.07. The Morgan fingerprint density at radius 3 is 2.54 bits per heavy atom. The molecule has 26 heavy (non-hydrogen) atoms. The van der Waals surface area contributed by atoms with Gasteiger partial charge in [-0.05, 0) is 12.1 Å². The van der Waals surface area contributed by atoms with Crippen LogP contribution >= 0.6 is 0 Å². The predicted molar refractivity (Wildman–Crippen MR) is 92.9 cm³/mol. The smallest absolute Gasteiger partial charge is 0.356 e. The number of aromatic amines is 1. The summed E-state index contributed by atoms with van der Waals surface area (Å²) in [4.78, 5) is 35.4. The molecule has 0 aliphatic rings. The van der Waals surface area contributed by atoms with Crippen molar-refractivity contribution >= 4 is 17.6 Å². The number of benzene rings is 1. The van der Waals surface area contributed by atoms with Crippen molar-refractivity contribution in [3.05, 3.63) is 53.9 Å². The molecule has 0 unspecified atom stereocenters. The Bertz CT molecular complexity index is 966. The third-order valence-electron chi connectivity index (χ3n) is 3.54. The molecule has 3 rings (SSSR count). The normalized spacial score (nSPS) is 10.7. The van der Waals surface area contributed by atoms with Crippen molar-refractivity contribution in [2.24, 2.45) is 0 Å². The number of rotatable bonds is 5. The Kier molecular flexibility index (Phi) is 4.70. The van der Waals surface area contributed by atoms with Crippen LogP contribution in [0.5, 0.6) is 0 Å². The van der Waals surface area contributed by atoms with Gasteiger partial charge in [0.25, 0.3) is 5.91 Å². The minimum absolute atomic E-state index is 0.213. The fraction of sp³-hybridized carbons (Fsp3) is 0.176. The number of nitrogens with one attached hydrogen (secondary N) is 2. The number of carboxylic acids is 1. The molecular weight excluding hydrogens is 336 g/mol. The molecule has 2 aromatic heterocycles. The number of carbonyl (C=O) groups excluding carboxylic acids is 1. The van der Waals surface area contributed by atoms with E-state index in [1.165, 1.54) is 12.4 Å². The standard InChI is InChI=1S/C17H16N6O3/c1-9(2)14-21-15(23-22-14)10-4-3-5-11(8-10)20-16(24)12-13(17(25)26)19-7-6-18-12/h3-9H,1-2H3,(H,20,24)(H,25,26)(H,21,22,23). The topological polar surface area (TPSA) is 134 Å². The molecule has 3 aromatic rings. The van der Waals surface area contributed by atoms with Gasteiger partial charge < -0.3 is 10.4 Å². The van der Waals surface area contributed by atoms with Gasteiger partial charge in [-0.3, -0.25) is 9.89 Å². The van der Waals surface area contributed by atoms with Gasteiger partial charge in [0, 0.05) is 29.6 Å². The van der Waals surface area contributed by atoms with Gasteiger partial charge in [-0.25, -0.2) is 19.7 Å². The lowest BCUT2D eigenvalue weighted by molar-refractivity contribution is 0.0685. The van der Waals surface area contributed by atoms with Crippen molar-refractivity contribution in [3.8, 4) is 11.4 Å². The van der Waals surface area contributed by atoms with Crippen LogP contribution in [0.4, 0.5) is 5.69 Å². The Morgan fingerprint density at radius 1 is 1.15 bits per heavy atom. The molecule has 3 N–H and O–H groups in total. The van der Waals surface area contributed by atoms with Crippen LogP contribution in [-0.2, 0) is 0 Å². The summed E-state index contributed by atoms with van der Waals surface area (Å²) < 4.78 is 0. The SMILES string of the molecule is CC(C)c1nc(-c2cccc(NC(=O)c3nccnc3C(=O)O)c2)n[nH]1. The zero-order valence-electron chi connectivity index (χ0n) is 14.1. The maximum atomic E-state index is 12.4. The predicted octanol–water partition coefficient (Wildman–Crippen LogP) is 2.34. The number of amides is 1. The first-order valence-electron chi connectivity index (χ1n) is 7.84. The van der Waals surface area contributed by atoms with Crippen LogP contribution in [0.25, 0.3) is 11.4 Å². The molecule has 0 aliphatic heterocycles. The van der Waals surface area contributed by atoms with Gasteiger partial charge in [0.15, 0.2) is 17.2 Å². The first kappa shape index (κ1) is 17.2. The summed E-state index contributed by atoms with van der Waals surface area (Å²) in [6.45, 7) is 4.00. The Balaban J connectivity index is 1.85. The van der Waals surface area contributed by atoms with Gasteiger partial charge in [-0.2, -0.15) is 5.10 Å². The maximum Gasteiger partial charge on any atom is 0.356 e. The van der Waals surface area contributed by atoms with E-state index in [1.54, 1.807) is 18.2 Å². The molecule has 0 bridgehead atoms. The second-order valence-corrected chi connectivity index (χ2v) is 5.79. The minimum Gasteiger partial charge on any atom is -0.476 e. The largest absolute Gasteiger partial charge is 0.476 e. The van der Waals surface area contributed by atoms with E-state index < -0.39 is 17.6 Å². The van der Waals surface area contributed by atoms with Gasteiger partial charge in [-0.1, -0.05) is 26.0 Å². The first-order chi connectivity index (χ1) is 12.5. The number of H-pyrrole nitrogens is 1. The number of aromatic nitrogens is 5. The lowest BCUT2D eigenvalue weighted by Crippen LogP contribution is -2.19. The highest BCUT2D eigenvalue weighted by Gasteiger charge is 2.19. The number of carbonyl (C=O) groups is 2. The fourth-order valence-corrected chi connectivity index (χ4v) is 2.25. The monoisotopic (exact) mass is 352 g/mol. The molecule has 9 nitrogen and oxygen atoms in total. The summed E-state index contributed by atoms with van der Waals surface area (Å²) in [6.07, 6.45) is 2.48. The first-order valence-corrected chi connectivity index (χ1v) is 7.84. The third kappa shape index (κ3) is 3.56. The number of carboxylic acid groups (broad SMARTS) is 1. The van der Waals surface area contributed by atoms with Crippen molar-refractivity contribution in [1.82, 2.24) is 25.1 Å². The van der Waals surface area contributed by atoms with Crippen LogP contribution in [-0.4, -0.2) is 42.1 Å². The van der Waals surface area contributed by atoms with Crippen LogP contribution < -0.4 is 5.32 Å².